The fourth-order valence-electron chi connectivity index (χ4n) is 1.66. The highest BCUT2D eigenvalue weighted by molar-refractivity contribution is 9.10. The first-order valence-electron chi connectivity index (χ1n) is 5.89. The molecule has 0 amide bonds. The van der Waals surface area contributed by atoms with Crippen molar-refractivity contribution in [3.63, 3.8) is 0 Å². The number of nitrogens with zero attached hydrogens (tertiary/aromatic N) is 1. The van der Waals surface area contributed by atoms with Gasteiger partial charge in [-0.05, 0) is 57.9 Å². The largest absolute Gasteiger partial charge is 0.289 e. The minimum atomic E-state index is -0.511. The number of carbonyl (C=O) groups excluding carboxylic acids is 1. The Morgan fingerprint density at radius 1 is 1.19 bits per heavy atom. The highest BCUT2D eigenvalue weighted by atomic mass is 79.9. The van der Waals surface area contributed by atoms with Crippen molar-refractivity contribution >= 4 is 33.5 Å². The number of nitro benzene ring substituents is 1. The molecule has 0 atom stereocenters. The van der Waals surface area contributed by atoms with Gasteiger partial charge in [-0.15, -0.1) is 0 Å². The van der Waals surface area contributed by atoms with Crippen LogP contribution in [0.15, 0.2) is 53.0 Å². The van der Waals surface area contributed by atoms with Crippen molar-refractivity contribution in [3.05, 3.63) is 80.1 Å². The molecule has 0 radical (unpaired) electrons. The number of halogens is 2. The predicted molar refractivity (Wildman–Crippen MR) is 80.6 cm³/mol. The molecule has 0 bridgehead atoms. The summed E-state index contributed by atoms with van der Waals surface area (Å²) in [7, 11) is 0. The molecule has 4 nitrogen and oxygen atoms in total. The van der Waals surface area contributed by atoms with Gasteiger partial charge in [-0.25, -0.2) is 4.39 Å². The monoisotopic (exact) mass is 349 g/mol. The Balaban J connectivity index is 2.21. The van der Waals surface area contributed by atoms with Crippen LogP contribution in [0.1, 0.15) is 15.9 Å². The van der Waals surface area contributed by atoms with Crippen LogP contribution < -0.4 is 0 Å². The summed E-state index contributed by atoms with van der Waals surface area (Å²) in [6.07, 6.45) is 2.77. The molecule has 21 heavy (non-hydrogen) atoms. The average Bonchev–Trinajstić information content (AvgIpc) is 2.46. The molecule has 0 aliphatic rings. The summed E-state index contributed by atoms with van der Waals surface area (Å²) in [4.78, 5) is 22.2. The molecule has 0 spiro atoms. The van der Waals surface area contributed by atoms with E-state index in [1.54, 1.807) is 12.1 Å². The van der Waals surface area contributed by atoms with E-state index >= 15 is 0 Å². The van der Waals surface area contributed by atoms with Gasteiger partial charge in [0.05, 0.1) is 9.40 Å². The molecule has 0 saturated heterocycles. The normalized spacial score (nSPS) is 10.8. The smallest absolute Gasteiger partial charge is 0.284 e. The lowest BCUT2D eigenvalue weighted by atomic mass is 10.1. The number of nitro groups is 1. The van der Waals surface area contributed by atoms with Crippen molar-refractivity contribution in [1.29, 1.82) is 0 Å². The Bertz CT molecular complexity index is 726. The van der Waals surface area contributed by atoms with Crippen LogP contribution in [0.4, 0.5) is 10.1 Å². The summed E-state index contributed by atoms with van der Waals surface area (Å²) in [5.74, 6) is -0.723. The minimum absolute atomic E-state index is 0.0774. The zero-order valence-corrected chi connectivity index (χ0v) is 12.2. The third kappa shape index (κ3) is 3.82. The highest BCUT2D eigenvalue weighted by Gasteiger charge is 2.11. The first kappa shape index (κ1) is 15.1. The third-order valence-electron chi connectivity index (χ3n) is 2.72. The lowest BCUT2D eigenvalue weighted by Crippen LogP contribution is -1.94. The molecule has 0 unspecified atom stereocenters. The first-order valence-corrected chi connectivity index (χ1v) is 6.68. The molecule has 106 valence electrons. The van der Waals surface area contributed by atoms with E-state index < -0.39 is 10.7 Å². The van der Waals surface area contributed by atoms with E-state index in [9.17, 15) is 19.3 Å². The molecule has 0 N–H and O–H groups in total. The third-order valence-corrected chi connectivity index (χ3v) is 3.39. The van der Waals surface area contributed by atoms with Crippen LogP contribution in [0, 0.1) is 15.9 Å². The summed E-state index contributed by atoms with van der Waals surface area (Å²) < 4.78 is 13.1. The maximum absolute atomic E-state index is 12.8. The Labute approximate surface area is 128 Å². The lowest BCUT2D eigenvalue weighted by Gasteiger charge is -1.98. The van der Waals surface area contributed by atoms with Crippen LogP contribution in [0.2, 0.25) is 0 Å². The van der Waals surface area contributed by atoms with Gasteiger partial charge in [0.15, 0.2) is 5.78 Å². The van der Waals surface area contributed by atoms with Gasteiger partial charge in [0.2, 0.25) is 0 Å². The van der Waals surface area contributed by atoms with Crippen LogP contribution >= 0.6 is 15.9 Å². The number of rotatable bonds is 4. The number of hydrogen-bond acceptors (Lipinski definition) is 3. The van der Waals surface area contributed by atoms with E-state index in [1.807, 2.05) is 0 Å². The van der Waals surface area contributed by atoms with E-state index in [1.165, 1.54) is 42.5 Å². The van der Waals surface area contributed by atoms with Crippen molar-refractivity contribution in [2.75, 3.05) is 0 Å². The topological polar surface area (TPSA) is 60.2 Å². The van der Waals surface area contributed by atoms with Crippen molar-refractivity contribution in [2.45, 2.75) is 0 Å². The fourth-order valence-corrected chi connectivity index (χ4v) is 2.05. The molecule has 6 heteroatoms. The van der Waals surface area contributed by atoms with Crippen LogP contribution in [0.25, 0.3) is 6.08 Å². The van der Waals surface area contributed by atoms with Gasteiger partial charge in [-0.3, -0.25) is 14.9 Å². The van der Waals surface area contributed by atoms with Crippen molar-refractivity contribution in [1.82, 2.24) is 0 Å². The van der Waals surface area contributed by atoms with Gasteiger partial charge in [-0.1, -0.05) is 12.1 Å². The molecule has 0 aliphatic carbocycles. The number of benzene rings is 2. The quantitative estimate of drug-likeness (QED) is 0.356. The second-order valence-electron chi connectivity index (χ2n) is 4.17. The SMILES string of the molecule is O=C(/C=C/c1ccc(Br)c([N+](=O)[O-])c1)c1ccc(F)cc1. The number of ketones is 1. The summed E-state index contributed by atoms with van der Waals surface area (Å²) >= 11 is 3.09. The molecule has 0 fully saturated rings. The zero-order valence-electron chi connectivity index (χ0n) is 10.6. The summed E-state index contributed by atoms with van der Waals surface area (Å²) in [6.45, 7) is 0. The average molecular weight is 350 g/mol. The Hall–Kier alpha value is -2.34. The molecular formula is C15H9BrFNO3. The second kappa shape index (κ2) is 6.41. The van der Waals surface area contributed by atoms with Crippen molar-refractivity contribution in [3.8, 4) is 0 Å². The molecule has 2 rings (SSSR count). The van der Waals surface area contributed by atoms with Gasteiger partial charge in [0, 0.05) is 11.6 Å². The van der Waals surface area contributed by atoms with E-state index in [0.29, 0.717) is 15.6 Å². The van der Waals surface area contributed by atoms with Crippen LogP contribution in [0.5, 0.6) is 0 Å². The number of hydrogen-bond donors (Lipinski definition) is 0. The molecule has 2 aromatic carbocycles. The zero-order chi connectivity index (χ0) is 15.4. The molecule has 0 aromatic heterocycles. The fraction of sp³-hybridized carbons (Fsp3) is 0. The maximum Gasteiger partial charge on any atom is 0.284 e. The molecule has 0 heterocycles. The molecule has 2 aromatic rings. The Kier molecular flexibility index (Phi) is 4.59. The van der Waals surface area contributed by atoms with Gasteiger partial charge >= 0.3 is 0 Å². The van der Waals surface area contributed by atoms with E-state index in [0.717, 1.165) is 0 Å². The highest BCUT2D eigenvalue weighted by Crippen LogP contribution is 2.26. The van der Waals surface area contributed by atoms with Gasteiger partial charge in [-0.2, -0.15) is 0 Å². The van der Waals surface area contributed by atoms with E-state index in [4.69, 9.17) is 0 Å². The second-order valence-corrected chi connectivity index (χ2v) is 5.03. The number of carbonyl (C=O) groups is 1. The van der Waals surface area contributed by atoms with Crippen LogP contribution in [0.3, 0.4) is 0 Å². The Morgan fingerprint density at radius 3 is 2.48 bits per heavy atom. The van der Waals surface area contributed by atoms with Gasteiger partial charge in [0.1, 0.15) is 5.82 Å². The molecule has 0 saturated carbocycles. The standard InChI is InChI=1S/C15H9BrFNO3/c16-13-7-1-10(9-14(13)18(20)21)2-8-15(19)11-3-5-12(17)6-4-11/h1-9H/b8-2+. The number of allylic oxidation sites excluding steroid dienone is 1. The van der Waals surface area contributed by atoms with E-state index in [2.05, 4.69) is 15.9 Å². The minimum Gasteiger partial charge on any atom is -0.289 e. The molecule has 0 aliphatic heterocycles. The predicted octanol–water partition coefficient (Wildman–Crippen LogP) is 4.39. The van der Waals surface area contributed by atoms with Gasteiger partial charge < -0.3 is 0 Å². The molecular weight excluding hydrogens is 341 g/mol. The summed E-state index contributed by atoms with van der Waals surface area (Å²) in [5, 5.41) is 10.8. The maximum atomic E-state index is 12.8. The Morgan fingerprint density at radius 2 is 1.86 bits per heavy atom. The van der Waals surface area contributed by atoms with Crippen molar-refractivity contribution < 1.29 is 14.1 Å². The lowest BCUT2D eigenvalue weighted by molar-refractivity contribution is -0.385. The van der Waals surface area contributed by atoms with Gasteiger partial charge in [0.25, 0.3) is 5.69 Å². The van der Waals surface area contributed by atoms with Crippen molar-refractivity contribution in [2.24, 2.45) is 0 Å². The first-order chi connectivity index (χ1) is 9.97. The van der Waals surface area contributed by atoms with Crippen LogP contribution in [-0.2, 0) is 0 Å². The summed E-state index contributed by atoms with van der Waals surface area (Å²) in [6, 6.07) is 9.71. The summed E-state index contributed by atoms with van der Waals surface area (Å²) in [5.41, 5.74) is 0.797. The van der Waals surface area contributed by atoms with E-state index in [-0.39, 0.29) is 11.5 Å². The van der Waals surface area contributed by atoms with Crippen LogP contribution in [-0.4, -0.2) is 10.7 Å².